The van der Waals surface area contributed by atoms with Gasteiger partial charge in [-0.3, -0.25) is 9.78 Å². The van der Waals surface area contributed by atoms with Crippen molar-refractivity contribution in [3.8, 4) is 11.3 Å². The van der Waals surface area contributed by atoms with Crippen molar-refractivity contribution < 1.29 is 4.79 Å². The third-order valence-electron chi connectivity index (χ3n) is 5.24. The molecule has 1 saturated carbocycles. The lowest BCUT2D eigenvalue weighted by Gasteiger charge is -2.12. The highest BCUT2D eigenvalue weighted by atomic mass is 35.5. The van der Waals surface area contributed by atoms with Crippen LogP contribution in [0.2, 0.25) is 0 Å². The Balaban J connectivity index is 0.00000210. The lowest BCUT2D eigenvalue weighted by atomic mass is 10.1. The molecule has 0 radical (unpaired) electrons. The first kappa shape index (κ1) is 19.4. The largest absolute Gasteiger partial charge is 0.356 e. The number of halogens is 1. The van der Waals surface area contributed by atoms with Gasteiger partial charge in [0.1, 0.15) is 5.65 Å². The Morgan fingerprint density at radius 1 is 1.26 bits per heavy atom. The number of aromatic nitrogens is 3. The Labute approximate surface area is 165 Å². The minimum Gasteiger partial charge on any atom is -0.356 e. The second-order valence-corrected chi connectivity index (χ2v) is 7.20. The van der Waals surface area contributed by atoms with Crippen LogP contribution in [0.5, 0.6) is 0 Å². The normalized spacial score (nSPS) is 18.1. The van der Waals surface area contributed by atoms with Gasteiger partial charge in [0.2, 0.25) is 5.91 Å². The zero-order chi connectivity index (χ0) is 18.1. The summed E-state index contributed by atoms with van der Waals surface area (Å²) in [5, 5.41) is 4.20. The molecular formula is C21H25ClN4O. The van der Waals surface area contributed by atoms with Crippen LogP contribution in [-0.4, -0.2) is 27.0 Å². The molecule has 3 aromatic rings. The van der Waals surface area contributed by atoms with Crippen LogP contribution in [-0.2, 0) is 11.3 Å². The zero-order valence-corrected chi connectivity index (χ0v) is 16.5. The molecule has 3 aromatic heterocycles. The number of rotatable bonds is 6. The summed E-state index contributed by atoms with van der Waals surface area (Å²) in [5.41, 5.74) is 4.24. The van der Waals surface area contributed by atoms with E-state index in [1.807, 2.05) is 31.5 Å². The first-order valence-electron chi connectivity index (χ1n) is 9.29. The predicted octanol–water partition coefficient (Wildman–Crippen LogP) is 3.99. The molecule has 6 heteroatoms. The highest BCUT2D eigenvalue weighted by molar-refractivity contribution is 5.85. The van der Waals surface area contributed by atoms with Crippen molar-refractivity contribution in [2.45, 2.75) is 33.2 Å². The molecule has 3 heterocycles. The van der Waals surface area contributed by atoms with Crippen molar-refractivity contribution in [3.63, 3.8) is 0 Å². The summed E-state index contributed by atoms with van der Waals surface area (Å²) < 4.78 is 2.24. The summed E-state index contributed by atoms with van der Waals surface area (Å²) in [5.74, 6) is 0.988. The minimum absolute atomic E-state index is 0. The highest BCUT2D eigenvalue weighted by Crippen LogP contribution is 2.37. The molecule has 4 rings (SSSR count). The van der Waals surface area contributed by atoms with Crippen molar-refractivity contribution >= 4 is 29.3 Å². The van der Waals surface area contributed by atoms with E-state index in [1.165, 1.54) is 0 Å². The summed E-state index contributed by atoms with van der Waals surface area (Å²) in [6, 6.07) is 10.3. The van der Waals surface area contributed by atoms with Crippen LogP contribution in [0.1, 0.15) is 25.5 Å². The van der Waals surface area contributed by atoms with Crippen LogP contribution < -0.4 is 5.32 Å². The number of carbonyl (C=O) groups is 1. The van der Waals surface area contributed by atoms with Crippen LogP contribution in [0, 0.1) is 18.8 Å². The maximum Gasteiger partial charge on any atom is 0.223 e. The Hall–Kier alpha value is -2.40. The Morgan fingerprint density at radius 3 is 2.74 bits per heavy atom. The van der Waals surface area contributed by atoms with Crippen LogP contribution in [0.3, 0.4) is 0 Å². The monoisotopic (exact) mass is 384 g/mol. The van der Waals surface area contributed by atoms with E-state index in [0.717, 1.165) is 47.4 Å². The smallest absolute Gasteiger partial charge is 0.223 e. The molecule has 0 spiro atoms. The van der Waals surface area contributed by atoms with Gasteiger partial charge in [-0.1, -0.05) is 6.92 Å². The lowest BCUT2D eigenvalue weighted by Crippen LogP contribution is -2.27. The second-order valence-electron chi connectivity index (χ2n) is 7.20. The molecule has 1 aliphatic carbocycles. The number of carbonyl (C=O) groups excluding carboxylic acids is 1. The molecule has 27 heavy (non-hydrogen) atoms. The molecule has 0 aliphatic heterocycles. The molecule has 1 amide bonds. The molecule has 0 aromatic carbocycles. The van der Waals surface area contributed by atoms with Gasteiger partial charge in [-0.2, -0.15) is 0 Å². The fourth-order valence-electron chi connectivity index (χ4n) is 3.56. The van der Waals surface area contributed by atoms with Crippen molar-refractivity contribution in [3.05, 3.63) is 48.4 Å². The number of nitrogens with one attached hydrogen (secondary N) is 1. The standard InChI is InChI=1S/C21H24N4O.ClH/c1-14-12-18(14)21(26)24-10-5-11-25-19(17-7-4-8-22-15(17)2)13-16-6-3-9-23-20(16)25;/h3-4,6-9,13-14,18H,5,10-12H2,1-2H3,(H,24,26);1H. The van der Waals surface area contributed by atoms with Crippen molar-refractivity contribution in [2.75, 3.05) is 6.54 Å². The topological polar surface area (TPSA) is 59.8 Å². The SMILES string of the molecule is Cc1ncccc1-c1cc2cccnc2n1CCCNC(=O)C1CC1C.Cl. The number of hydrogen-bond acceptors (Lipinski definition) is 3. The van der Waals surface area contributed by atoms with Crippen LogP contribution >= 0.6 is 12.4 Å². The lowest BCUT2D eigenvalue weighted by molar-refractivity contribution is -0.122. The van der Waals surface area contributed by atoms with E-state index in [2.05, 4.69) is 45.0 Å². The molecule has 5 nitrogen and oxygen atoms in total. The molecular weight excluding hydrogens is 360 g/mol. The van der Waals surface area contributed by atoms with Crippen LogP contribution in [0.25, 0.3) is 22.3 Å². The number of fused-ring (bicyclic) bond motifs is 1. The molecule has 142 valence electrons. The van der Waals surface area contributed by atoms with E-state index in [-0.39, 0.29) is 24.2 Å². The molecule has 0 bridgehead atoms. The predicted molar refractivity (Wildman–Crippen MR) is 110 cm³/mol. The maximum absolute atomic E-state index is 12.0. The first-order chi connectivity index (χ1) is 12.6. The van der Waals surface area contributed by atoms with E-state index in [9.17, 15) is 4.79 Å². The Kier molecular flexibility index (Phi) is 5.80. The van der Waals surface area contributed by atoms with Gasteiger partial charge >= 0.3 is 0 Å². The number of pyridine rings is 2. The number of hydrogen-bond donors (Lipinski definition) is 1. The summed E-state index contributed by atoms with van der Waals surface area (Å²) in [7, 11) is 0. The first-order valence-corrected chi connectivity index (χ1v) is 9.29. The molecule has 1 fully saturated rings. The number of nitrogens with zero attached hydrogens (tertiary/aromatic N) is 3. The Morgan fingerprint density at radius 2 is 2.00 bits per heavy atom. The molecule has 1 aliphatic rings. The summed E-state index contributed by atoms with van der Waals surface area (Å²) in [6.07, 6.45) is 5.55. The van der Waals surface area contributed by atoms with E-state index in [0.29, 0.717) is 12.5 Å². The van der Waals surface area contributed by atoms with Gasteiger partial charge in [-0.15, -0.1) is 12.4 Å². The van der Waals surface area contributed by atoms with Crippen molar-refractivity contribution in [1.82, 2.24) is 19.9 Å². The number of aryl methyl sites for hydroxylation is 2. The van der Waals surface area contributed by atoms with E-state index in [4.69, 9.17) is 0 Å². The second kappa shape index (κ2) is 8.09. The fraction of sp³-hybridized carbons (Fsp3) is 0.381. The van der Waals surface area contributed by atoms with Crippen molar-refractivity contribution in [2.24, 2.45) is 11.8 Å². The third kappa shape index (κ3) is 3.98. The summed E-state index contributed by atoms with van der Waals surface area (Å²) >= 11 is 0. The van der Waals surface area contributed by atoms with Crippen LogP contribution in [0.4, 0.5) is 0 Å². The Bertz CT molecular complexity index is 952. The molecule has 2 atom stereocenters. The fourth-order valence-corrected chi connectivity index (χ4v) is 3.56. The van der Waals surface area contributed by atoms with Gasteiger partial charge < -0.3 is 9.88 Å². The summed E-state index contributed by atoms with van der Waals surface area (Å²) in [4.78, 5) is 21.0. The molecule has 1 N–H and O–H groups in total. The molecule has 0 saturated heterocycles. The van der Waals surface area contributed by atoms with E-state index in [1.54, 1.807) is 0 Å². The van der Waals surface area contributed by atoms with E-state index >= 15 is 0 Å². The van der Waals surface area contributed by atoms with Gasteiger partial charge in [-0.25, -0.2) is 4.98 Å². The van der Waals surface area contributed by atoms with Gasteiger partial charge in [0, 0.05) is 48.0 Å². The minimum atomic E-state index is 0. The maximum atomic E-state index is 12.0. The zero-order valence-electron chi connectivity index (χ0n) is 15.7. The highest BCUT2D eigenvalue weighted by Gasteiger charge is 2.38. The third-order valence-corrected chi connectivity index (χ3v) is 5.24. The average Bonchev–Trinajstić information content (AvgIpc) is 3.27. The van der Waals surface area contributed by atoms with Gasteiger partial charge in [0.25, 0.3) is 0 Å². The number of amides is 1. The van der Waals surface area contributed by atoms with Gasteiger partial charge in [0.05, 0.1) is 5.69 Å². The van der Waals surface area contributed by atoms with Crippen LogP contribution in [0.15, 0.2) is 42.7 Å². The quantitative estimate of drug-likeness (QED) is 0.653. The average molecular weight is 385 g/mol. The van der Waals surface area contributed by atoms with Gasteiger partial charge in [-0.05, 0) is 56.0 Å². The van der Waals surface area contributed by atoms with Gasteiger partial charge in [0.15, 0.2) is 0 Å². The molecule has 2 unspecified atom stereocenters. The summed E-state index contributed by atoms with van der Waals surface area (Å²) in [6.45, 7) is 5.66. The van der Waals surface area contributed by atoms with Crippen molar-refractivity contribution in [1.29, 1.82) is 0 Å². The van der Waals surface area contributed by atoms with E-state index < -0.39 is 0 Å².